The third-order valence-electron chi connectivity index (χ3n) is 3.31. The summed E-state index contributed by atoms with van der Waals surface area (Å²) in [7, 11) is -1.43. The Hall–Kier alpha value is -1.69. The van der Waals surface area contributed by atoms with E-state index in [-0.39, 0.29) is 24.1 Å². The zero-order valence-electron chi connectivity index (χ0n) is 13.6. The zero-order valence-corrected chi connectivity index (χ0v) is 14.5. The third kappa shape index (κ3) is 4.19. The fourth-order valence-corrected chi connectivity index (χ4v) is 3.77. The zero-order chi connectivity index (χ0) is 16.9. The molecule has 0 aliphatic carbocycles. The summed E-state index contributed by atoms with van der Waals surface area (Å²) in [6.45, 7) is 4.43. The number of nitrogens with zero attached hydrogens (tertiary/aromatic N) is 2. The van der Waals surface area contributed by atoms with Gasteiger partial charge in [-0.25, -0.2) is 4.98 Å². The molecule has 0 radical (unpaired) electrons. The van der Waals surface area contributed by atoms with Crippen molar-refractivity contribution >= 4 is 24.4 Å². The normalized spacial score (nSPS) is 11.8. The van der Waals surface area contributed by atoms with E-state index in [2.05, 4.69) is 10.3 Å². The standard InChI is InChI=1S/C15H22N3O4P/c1-4-21-23(20,22-5-2)11-10-16-14-15(19)18(3)13-9-7-6-8-12(13)17-14/h6-9H,4-5,10-11H2,1-3H3,(H,16,17). The molecule has 2 aromatic rings. The van der Waals surface area contributed by atoms with Gasteiger partial charge in [0.05, 0.1) is 30.4 Å². The van der Waals surface area contributed by atoms with E-state index < -0.39 is 7.60 Å². The number of benzene rings is 1. The minimum Gasteiger partial charge on any atom is -0.365 e. The summed E-state index contributed by atoms with van der Waals surface area (Å²) in [5, 5.41) is 2.94. The van der Waals surface area contributed by atoms with Crippen LogP contribution in [0.25, 0.3) is 11.0 Å². The van der Waals surface area contributed by atoms with Gasteiger partial charge in [0.25, 0.3) is 5.56 Å². The first-order valence-electron chi connectivity index (χ1n) is 7.58. The summed E-state index contributed by atoms with van der Waals surface area (Å²) in [5.74, 6) is 0.228. The largest absolute Gasteiger partial charge is 0.365 e. The SMILES string of the molecule is CCOP(=O)(CCNc1nc2ccccc2n(C)c1=O)OCC. The molecule has 1 aromatic carbocycles. The molecule has 1 heterocycles. The van der Waals surface area contributed by atoms with Crippen molar-refractivity contribution in [3.05, 3.63) is 34.6 Å². The van der Waals surface area contributed by atoms with Crippen molar-refractivity contribution in [3.63, 3.8) is 0 Å². The topological polar surface area (TPSA) is 82.5 Å². The Morgan fingerprint density at radius 2 is 1.87 bits per heavy atom. The summed E-state index contributed by atoms with van der Waals surface area (Å²) >= 11 is 0. The van der Waals surface area contributed by atoms with Crippen LogP contribution >= 0.6 is 7.60 Å². The molecule has 23 heavy (non-hydrogen) atoms. The van der Waals surface area contributed by atoms with Crippen LogP contribution in [-0.4, -0.2) is 35.5 Å². The van der Waals surface area contributed by atoms with Crippen LogP contribution in [-0.2, 0) is 20.7 Å². The fourth-order valence-electron chi connectivity index (χ4n) is 2.26. The molecule has 0 aliphatic rings. The number of nitrogens with one attached hydrogen (secondary N) is 1. The molecule has 1 aromatic heterocycles. The Labute approximate surface area is 135 Å². The lowest BCUT2D eigenvalue weighted by Crippen LogP contribution is -2.24. The fraction of sp³-hybridized carbons (Fsp3) is 0.467. The van der Waals surface area contributed by atoms with E-state index in [1.807, 2.05) is 24.3 Å². The first-order chi connectivity index (χ1) is 11.0. The van der Waals surface area contributed by atoms with Gasteiger partial charge in [-0.2, -0.15) is 0 Å². The molecule has 2 rings (SSSR count). The van der Waals surface area contributed by atoms with Crippen LogP contribution in [0, 0.1) is 0 Å². The maximum absolute atomic E-state index is 12.4. The second kappa shape index (κ2) is 7.73. The van der Waals surface area contributed by atoms with Gasteiger partial charge in [-0.15, -0.1) is 0 Å². The van der Waals surface area contributed by atoms with Crippen molar-refractivity contribution in [2.75, 3.05) is 31.2 Å². The maximum Gasteiger partial charge on any atom is 0.332 e. The summed E-state index contributed by atoms with van der Waals surface area (Å²) in [6.07, 6.45) is 0.173. The molecule has 1 N–H and O–H groups in total. The summed E-state index contributed by atoms with van der Waals surface area (Å²) < 4.78 is 24.4. The van der Waals surface area contributed by atoms with Crippen LogP contribution in [0.3, 0.4) is 0 Å². The van der Waals surface area contributed by atoms with E-state index >= 15 is 0 Å². The predicted octanol–water partition coefficient (Wildman–Crippen LogP) is 2.61. The molecule has 0 fully saturated rings. The molecule has 126 valence electrons. The van der Waals surface area contributed by atoms with Crippen LogP contribution in [0.4, 0.5) is 5.82 Å². The quantitative estimate of drug-likeness (QED) is 0.745. The first kappa shape index (κ1) is 17.7. The van der Waals surface area contributed by atoms with E-state index in [1.54, 1.807) is 20.9 Å². The molecule has 7 nitrogen and oxygen atoms in total. The molecule has 0 aliphatic heterocycles. The minimum absolute atomic E-state index is 0.173. The van der Waals surface area contributed by atoms with Crippen LogP contribution in [0.1, 0.15) is 13.8 Å². The van der Waals surface area contributed by atoms with Crippen molar-refractivity contribution in [1.82, 2.24) is 9.55 Å². The first-order valence-corrected chi connectivity index (χ1v) is 9.31. The van der Waals surface area contributed by atoms with Crippen molar-refractivity contribution < 1.29 is 13.6 Å². The van der Waals surface area contributed by atoms with Gasteiger partial charge in [0.15, 0.2) is 5.82 Å². The number of anilines is 1. The molecular weight excluding hydrogens is 317 g/mol. The Morgan fingerprint density at radius 3 is 2.52 bits per heavy atom. The van der Waals surface area contributed by atoms with E-state index in [0.717, 1.165) is 11.0 Å². The number of hydrogen-bond acceptors (Lipinski definition) is 6. The Bertz CT molecular complexity index is 765. The van der Waals surface area contributed by atoms with Crippen LogP contribution in [0.15, 0.2) is 29.1 Å². The van der Waals surface area contributed by atoms with Gasteiger partial charge in [0, 0.05) is 13.6 Å². The second-order valence-corrected chi connectivity index (χ2v) is 7.10. The van der Waals surface area contributed by atoms with Crippen LogP contribution < -0.4 is 10.9 Å². The lowest BCUT2D eigenvalue weighted by molar-refractivity contribution is 0.221. The number of aromatic nitrogens is 2. The molecular formula is C15H22N3O4P. The Kier molecular flexibility index (Phi) is 5.93. The van der Waals surface area contributed by atoms with E-state index in [9.17, 15) is 9.36 Å². The number of para-hydroxylation sites is 2. The monoisotopic (exact) mass is 339 g/mol. The smallest absolute Gasteiger partial charge is 0.332 e. The third-order valence-corrected chi connectivity index (χ3v) is 5.39. The Balaban J connectivity index is 2.15. The molecule has 0 amide bonds. The van der Waals surface area contributed by atoms with E-state index in [1.165, 1.54) is 4.57 Å². The van der Waals surface area contributed by atoms with E-state index in [0.29, 0.717) is 13.2 Å². The summed E-state index contributed by atoms with van der Waals surface area (Å²) in [4.78, 5) is 16.6. The summed E-state index contributed by atoms with van der Waals surface area (Å²) in [5.41, 5.74) is 1.25. The maximum atomic E-state index is 12.4. The Morgan fingerprint density at radius 1 is 1.22 bits per heavy atom. The molecule has 0 saturated heterocycles. The van der Waals surface area contributed by atoms with Crippen molar-refractivity contribution in [3.8, 4) is 0 Å². The van der Waals surface area contributed by atoms with Gasteiger partial charge in [-0.3, -0.25) is 9.36 Å². The summed E-state index contributed by atoms with van der Waals surface area (Å²) in [6, 6.07) is 7.40. The minimum atomic E-state index is -3.13. The molecule has 0 spiro atoms. The van der Waals surface area contributed by atoms with Gasteiger partial charge in [-0.1, -0.05) is 12.1 Å². The molecule has 0 saturated carbocycles. The highest BCUT2D eigenvalue weighted by Gasteiger charge is 2.23. The number of hydrogen-bond donors (Lipinski definition) is 1. The van der Waals surface area contributed by atoms with Gasteiger partial charge < -0.3 is 18.9 Å². The number of aryl methyl sites for hydroxylation is 1. The van der Waals surface area contributed by atoms with Crippen molar-refractivity contribution in [1.29, 1.82) is 0 Å². The van der Waals surface area contributed by atoms with Gasteiger partial charge in [-0.05, 0) is 26.0 Å². The van der Waals surface area contributed by atoms with E-state index in [4.69, 9.17) is 9.05 Å². The second-order valence-electron chi connectivity index (χ2n) is 4.91. The highest BCUT2D eigenvalue weighted by molar-refractivity contribution is 7.53. The lowest BCUT2D eigenvalue weighted by atomic mass is 10.3. The highest BCUT2D eigenvalue weighted by Crippen LogP contribution is 2.47. The van der Waals surface area contributed by atoms with Crippen molar-refractivity contribution in [2.45, 2.75) is 13.8 Å². The van der Waals surface area contributed by atoms with Crippen molar-refractivity contribution in [2.24, 2.45) is 7.05 Å². The number of fused-ring (bicyclic) bond motifs is 1. The molecule has 8 heteroatoms. The van der Waals surface area contributed by atoms with Crippen LogP contribution in [0.2, 0.25) is 0 Å². The average Bonchev–Trinajstić information content (AvgIpc) is 2.52. The average molecular weight is 339 g/mol. The van der Waals surface area contributed by atoms with Gasteiger partial charge in [0.1, 0.15) is 0 Å². The van der Waals surface area contributed by atoms with Gasteiger partial charge >= 0.3 is 7.60 Å². The molecule has 0 bridgehead atoms. The number of rotatable bonds is 8. The molecule has 0 atom stereocenters. The highest BCUT2D eigenvalue weighted by atomic mass is 31.2. The van der Waals surface area contributed by atoms with Crippen LogP contribution in [0.5, 0.6) is 0 Å². The van der Waals surface area contributed by atoms with Gasteiger partial charge in [0.2, 0.25) is 0 Å². The predicted molar refractivity (Wildman–Crippen MR) is 91.2 cm³/mol. The molecule has 0 unspecified atom stereocenters. The lowest BCUT2D eigenvalue weighted by Gasteiger charge is -2.17.